The Labute approximate surface area is 193 Å². The van der Waals surface area contributed by atoms with E-state index in [0.29, 0.717) is 43.8 Å². The van der Waals surface area contributed by atoms with Crippen molar-refractivity contribution < 1.29 is 13.5 Å². The van der Waals surface area contributed by atoms with Gasteiger partial charge in [-0.3, -0.25) is 0 Å². The van der Waals surface area contributed by atoms with E-state index in [1.165, 1.54) is 12.1 Å². The fraction of sp³-hybridized carbons (Fsp3) is 0.429. The smallest absolute Gasteiger partial charge is 0.213 e. The Balaban J connectivity index is 0.00000320. The zero-order chi connectivity index (χ0) is 20.6. The maximum absolute atomic E-state index is 14.1. The van der Waals surface area contributed by atoms with Gasteiger partial charge >= 0.3 is 0 Å². The molecule has 30 heavy (non-hydrogen) atoms. The predicted octanol–water partition coefficient (Wildman–Crippen LogP) is 3.71. The molecule has 1 saturated heterocycles. The van der Waals surface area contributed by atoms with Crippen molar-refractivity contribution in [3.63, 3.8) is 0 Å². The number of aromatic nitrogens is 1. The molecule has 1 aromatic heterocycles. The quantitative estimate of drug-likeness (QED) is 0.324. The Hall–Kier alpha value is -2.17. The third-order valence-corrected chi connectivity index (χ3v) is 4.63. The number of rotatable bonds is 7. The second-order valence-corrected chi connectivity index (χ2v) is 6.80. The van der Waals surface area contributed by atoms with Crippen molar-refractivity contribution in [2.75, 3.05) is 31.1 Å². The summed E-state index contributed by atoms with van der Waals surface area (Å²) in [7, 11) is 0. The van der Waals surface area contributed by atoms with Crippen molar-refractivity contribution >= 4 is 35.6 Å². The number of hydrogen-bond donors (Lipinski definition) is 2. The third kappa shape index (κ3) is 6.68. The molecular formula is C21H28F2IN5O. The van der Waals surface area contributed by atoms with Crippen molar-refractivity contribution in [3.05, 3.63) is 53.7 Å². The number of pyridine rings is 1. The van der Waals surface area contributed by atoms with E-state index in [0.717, 1.165) is 24.6 Å². The van der Waals surface area contributed by atoms with Crippen LogP contribution in [0, 0.1) is 11.6 Å². The largest absolute Gasteiger partial charge is 0.478 e. The predicted molar refractivity (Wildman–Crippen MR) is 126 cm³/mol. The lowest BCUT2D eigenvalue weighted by atomic mass is 10.2. The number of nitrogens with one attached hydrogen (secondary N) is 2. The van der Waals surface area contributed by atoms with E-state index in [2.05, 4.69) is 20.6 Å². The van der Waals surface area contributed by atoms with Crippen molar-refractivity contribution in [1.82, 2.24) is 15.6 Å². The molecule has 2 heterocycles. The minimum atomic E-state index is -0.565. The number of ether oxygens (including phenoxy) is 1. The van der Waals surface area contributed by atoms with Crippen LogP contribution in [-0.4, -0.2) is 43.2 Å². The molecule has 1 atom stereocenters. The maximum Gasteiger partial charge on any atom is 0.213 e. The first-order valence-electron chi connectivity index (χ1n) is 9.91. The Kier molecular flexibility index (Phi) is 9.54. The van der Waals surface area contributed by atoms with Crippen LogP contribution in [0.4, 0.5) is 14.5 Å². The normalized spacial score (nSPS) is 16.2. The highest BCUT2D eigenvalue weighted by atomic mass is 127. The van der Waals surface area contributed by atoms with Gasteiger partial charge in [0, 0.05) is 44.0 Å². The molecule has 2 N–H and O–H groups in total. The molecule has 2 aromatic rings. The molecule has 0 spiro atoms. The van der Waals surface area contributed by atoms with E-state index >= 15 is 0 Å². The molecule has 0 radical (unpaired) electrons. The number of guanidine groups is 1. The van der Waals surface area contributed by atoms with Crippen LogP contribution >= 0.6 is 24.0 Å². The molecule has 0 amide bonds. The van der Waals surface area contributed by atoms with Crippen LogP contribution in [0.1, 0.15) is 25.8 Å². The Morgan fingerprint density at radius 2 is 2.10 bits per heavy atom. The Morgan fingerprint density at radius 3 is 2.83 bits per heavy atom. The fourth-order valence-corrected chi connectivity index (χ4v) is 3.29. The van der Waals surface area contributed by atoms with Gasteiger partial charge < -0.3 is 20.3 Å². The van der Waals surface area contributed by atoms with E-state index in [-0.39, 0.29) is 30.0 Å². The van der Waals surface area contributed by atoms with E-state index in [4.69, 9.17) is 4.74 Å². The van der Waals surface area contributed by atoms with Crippen molar-refractivity contribution in [3.8, 4) is 5.88 Å². The highest BCUT2D eigenvalue weighted by molar-refractivity contribution is 14.0. The topological polar surface area (TPSA) is 61.8 Å². The molecule has 0 bridgehead atoms. The summed E-state index contributed by atoms with van der Waals surface area (Å²) in [5.41, 5.74) is 1.43. The van der Waals surface area contributed by atoms with Crippen LogP contribution in [0.2, 0.25) is 0 Å². The summed E-state index contributed by atoms with van der Waals surface area (Å²) in [6.45, 7) is 7.03. The second kappa shape index (κ2) is 11.9. The molecule has 0 saturated carbocycles. The van der Waals surface area contributed by atoms with Gasteiger partial charge in [0.05, 0.1) is 18.8 Å². The molecular weight excluding hydrogens is 503 g/mol. The SMILES string of the molecule is CCNC(=NCc1ccnc(OCC)c1)NC1CCN(c2ccc(F)cc2F)C1.I. The van der Waals surface area contributed by atoms with E-state index in [9.17, 15) is 8.78 Å². The maximum atomic E-state index is 14.1. The summed E-state index contributed by atoms with van der Waals surface area (Å²) in [5.74, 6) is 0.193. The van der Waals surface area contributed by atoms with Crippen molar-refractivity contribution in [2.24, 2.45) is 4.99 Å². The number of halogens is 3. The highest BCUT2D eigenvalue weighted by Crippen LogP contribution is 2.24. The summed E-state index contributed by atoms with van der Waals surface area (Å²) >= 11 is 0. The molecule has 1 fully saturated rings. The van der Waals surface area contributed by atoms with Crippen LogP contribution in [-0.2, 0) is 6.54 Å². The van der Waals surface area contributed by atoms with Crippen LogP contribution in [0.5, 0.6) is 5.88 Å². The van der Waals surface area contributed by atoms with E-state index < -0.39 is 11.6 Å². The van der Waals surface area contributed by atoms with Gasteiger partial charge in [-0.15, -0.1) is 24.0 Å². The molecule has 6 nitrogen and oxygen atoms in total. The summed E-state index contributed by atoms with van der Waals surface area (Å²) in [5, 5.41) is 6.65. The average Bonchev–Trinajstić information content (AvgIpc) is 3.15. The molecule has 1 aromatic carbocycles. The Morgan fingerprint density at radius 1 is 1.27 bits per heavy atom. The van der Waals surface area contributed by atoms with Gasteiger partial charge in [0.1, 0.15) is 11.6 Å². The van der Waals surface area contributed by atoms with Gasteiger partial charge in [-0.2, -0.15) is 0 Å². The first-order chi connectivity index (χ1) is 14.1. The molecule has 1 aliphatic heterocycles. The lowest BCUT2D eigenvalue weighted by Crippen LogP contribution is -2.44. The molecule has 0 aliphatic carbocycles. The molecule has 3 rings (SSSR count). The minimum Gasteiger partial charge on any atom is -0.478 e. The number of anilines is 1. The summed E-state index contributed by atoms with van der Waals surface area (Å²) in [4.78, 5) is 10.7. The van der Waals surface area contributed by atoms with E-state index in [1.54, 1.807) is 6.20 Å². The van der Waals surface area contributed by atoms with Gasteiger partial charge in [-0.05, 0) is 44.0 Å². The molecule has 1 aliphatic rings. The highest BCUT2D eigenvalue weighted by Gasteiger charge is 2.25. The number of nitrogens with zero attached hydrogens (tertiary/aromatic N) is 3. The Bertz CT molecular complexity index is 852. The second-order valence-electron chi connectivity index (χ2n) is 6.80. The number of benzene rings is 1. The van der Waals surface area contributed by atoms with Gasteiger partial charge in [0.25, 0.3) is 0 Å². The zero-order valence-corrected chi connectivity index (χ0v) is 19.5. The molecule has 1 unspecified atom stereocenters. The lowest BCUT2D eigenvalue weighted by molar-refractivity contribution is 0.326. The zero-order valence-electron chi connectivity index (χ0n) is 17.2. The lowest BCUT2D eigenvalue weighted by Gasteiger charge is -2.21. The first-order valence-corrected chi connectivity index (χ1v) is 9.91. The van der Waals surface area contributed by atoms with Gasteiger partial charge in [-0.1, -0.05) is 0 Å². The summed E-state index contributed by atoms with van der Waals surface area (Å²) < 4.78 is 32.6. The number of aliphatic imine (C=N–C) groups is 1. The van der Waals surface area contributed by atoms with Crippen molar-refractivity contribution in [2.45, 2.75) is 32.9 Å². The van der Waals surface area contributed by atoms with Crippen LogP contribution in [0.25, 0.3) is 0 Å². The fourth-order valence-electron chi connectivity index (χ4n) is 3.29. The third-order valence-electron chi connectivity index (χ3n) is 4.63. The number of hydrogen-bond acceptors (Lipinski definition) is 4. The summed E-state index contributed by atoms with van der Waals surface area (Å²) in [6.07, 6.45) is 2.55. The van der Waals surface area contributed by atoms with E-state index in [1.807, 2.05) is 30.9 Å². The molecule has 164 valence electrons. The standard InChI is InChI=1S/C21H27F2N5O.HI/c1-3-24-21(26-13-15-7-9-25-20(11-15)29-4-2)27-17-8-10-28(14-17)19-6-5-16(22)12-18(19)23;/h5-7,9,11-12,17H,3-4,8,10,13-14H2,1-2H3,(H2,24,26,27);1H. The first kappa shape index (κ1) is 24.1. The van der Waals surface area contributed by atoms with Crippen LogP contribution in [0.15, 0.2) is 41.5 Å². The monoisotopic (exact) mass is 531 g/mol. The van der Waals surface area contributed by atoms with Gasteiger partial charge in [-0.25, -0.2) is 18.8 Å². The summed E-state index contributed by atoms with van der Waals surface area (Å²) in [6, 6.07) is 7.61. The van der Waals surface area contributed by atoms with Crippen LogP contribution < -0.4 is 20.3 Å². The molecule has 9 heteroatoms. The average molecular weight is 531 g/mol. The van der Waals surface area contributed by atoms with Gasteiger partial charge in [0.15, 0.2) is 5.96 Å². The minimum absolute atomic E-state index is 0. The van der Waals surface area contributed by atoms with Crippen LogP contribution in [0.3, 0.4) is 0 Å². The van der Waals surface area contributed by atoms with Gasteiger partial charge in [0.2, 0.25) is 5.88 Å². The van der Waals surface area contributed by atoms with Crippen molar-refractivity contribution in [1.29, 1.82) is 0 Å².